The Kier molecular flexibility index (Phi) is 4.41. The van der Waals surface area contributed by atoms with Gasteiger partial charge in [-0.3, -0.25) is 0 Å². The number of aromatic nitrogens is 1. The number of rotatable bonds is 4. The molecule has 2 N–H and O–H groups in total. The normalized spacial score (nSPS) is 19.3. The molecule has 2 atom stereocenters. The fraction of sp³-hybridized carbons (Fsp3) is 0.412. The van der Waals surface area contributed by atoms with E-state index in [9.17, 15) is 15.0 Å². The van der Waals surface area contributed by atoms with Gasteiger partial charge in [-0.05, 0) is 49.9 Å². The average Bonchev–Trinajstić information content (AvgIpc) is 2.93. The number of aromatic carboxylic acids is 1. The van der Waals surface area contributed by atoms with Crippen molar-refractivity contribution in [3.05, 3.63) is 34.9 Å². The fourth-order valence-electron chi connectivity index (χ4n) is 3.28. The zero-order chi connectivity index (χ0) is 16.6. The lowest BCUT2D eigenvalue weighted by atomic mass is 10.0. The zero-order valence-electron chi connectivity index (χ0n) is 12.9. The average molecular weight is 335 g/mol. The Morgan fingerprint density at radius 1 is 1.43 bits per heavy atom. The van der Waals surface area contributed by atoms with E-state index in [0.29, 0.717) is 16.8 Å². The first-order valence-corrected chi connectivity index (χ1v) is 8.09. The number of carboxylic acids is 1. The quantitative estimate of drug-likeness (QED) is 0.898. The number of carboxylic acid groups (broad SMARTS) is 1. The number of nitrogens with zero attached hydrogens (tertiary/aromatic N) is 2. The third kappa shape index (κ3) is 3.26. The molecule has 0 saturated carbocycles. The first-order valence-electron chi connectivity index (χ1n) is 7.71. The van der Waals surface area contributed by atoms with Crippen LogP contribution in [0.5, 0.6) is 0 Å². The summed E-state index contributed by atoms with van der Waals surface area (Å²) in [4.78, 5) is 18.2. The molecule has 6 heteroatoms. The van der Waals surface area contributed by atoms with Crippen LogP contribution in [0.1, 0.15) is 30.1 Å². The Bertz CT molecular complexity index is 748. The first-order chi connectivity index (χ1) is 11.0. The van der Waals surface area contributed by atoms with E-state index in [-0.39, 0.29) is 16.7 Å². The summed E-state index contributed by atoms with van der Waals surface area (Å²) in [6.45, 7) is 3.58. The van der Waals surface area contributed by atoms with Gasteiger partial charge in [0, 0.05) is 18.5 Å². The molecule has 0 aliphatic carbocycles. The molecule has 2 heterocycles. The van der Waals surface area contributed by atoms with Crippen LogP contribution < -0.4 is 4.90 Å². The van der Waals surface area contributed by atoms with Crippen LogP contribution in [-0.4, -0.2) is 40.4 Å². The van der Waals surface area contributed by atoms with E-state index >= 15 is 0 Å². The van der Waals surface area contributed by atoms with Gasteiger partial charge < -0.3 is 15.1 Å². The second-order valence-electron chi connectivity index (χ2n) is 6.15. The van der Waals surface area contributed by atoms with Crippen molar-refractivity contribution in [2.75, 3.05) is 18.0 Å². The number of halogens is 1. The second-order valence-corrected chi connectivity index (χ2v) is 6.56. The van der Waals surface area contributed by atoms with Gasteiger partial charge in [-0.15, -0.1) is 0 Å². The van der Waals surface area contributed by atoms with Crippen LogP contribution in [0, 0.1) is 5.92 Å². The molecule has 0 spiro atoms. The van der Waals surface area contributed by atoms with Gasteiger partial charge in [0.1, 0.15) is 5.82 Å². The summed E-state index contributed by atoms with van der Waals surface area (Å²) in [5.41, 5.74) is 0.722. The predicted octanol–water partition coefficient (Wildman–Crippen LogP) is 3.18. The molecule has 1 unspecified atom stereocenters. The number of hydrogen-bond acceptors (Lipinski definition) is 4. The zero-order valence-corrected chi connectivity index (χ0v) is 13.6. The van der Waals surface area contributed by atoms with Crippen LogP contribution in [0.15, 0.2) is 24.3 Å². The number of aliphatic hydroxyl groups excluding tert-OH is 1. The summed E-state index contributed by atoms with van der Waals surface area (Å²) in [6, 6.07) is 6.94. The minimum Gasteiger partial charge on any atom is -0.478 e. The Labute approximate surface area is 139 Å². The van der Waals surface area contributed by atoms with Crippen LogP contribution >= 0.6 is 11.6 Å². The van der Waals surface area contributed by atoms with Crippen molar-refractivity contribution < 1.29 is 15.0 Å². The molecular formula is C17H19ClN2O3. The van der Waals surface area contributed by atoms with Gasteiger partial charge in [0.05, 0.1) is 22.2 Å². The van der Waals surface area contributed by atoms with Gasteiger partial charge in [0.2, 0.25) is 0 Å². The molecule has 1 saturated heterocycles. The summed E-state index contributed by atoms with van der Waals surface area (Å²) in [7, 11) is 0. The minimum atomic E-state index is -1.05. The van der Waals surface area contributed by atoms with Crippen molar-refractivity contribution in [2.45, 2.75) is 25.9 Å². The minimum absolute atomic E-state index is 0.0941. The predicted molar refractivity (Wildman–Crippen MR) is 90.3 cm³/mol. The fourth-order valence-corrected chi connectivity index (χ4v) is 3.52. The van der Waals surface area contributed by atoms with Crippen molar-refractivity contribution in [1.82, 2.24) is 4.98 Å². The summed E-state index contributed by atoms with van der Waals surface area (Å²) < 4.78 is 0. The van der Waals surface area contributed by atoms with E-state index in [1.165, 1.54) is 0 Å². The Balaban J connectivity index is 1.90. The maximum absolute atomic E-state index is 11.4. The molecule has 1 aromatic heterocycles. The lowest BCUT2D eigenvalue weighted by Gasteiger charge is -2.19. The molecule has 5 nitrogen and oxygen atoms in total. The third-order valence-corrected chi connectivity index (χ3v) is 4.62. The van der Waals surface area contributed by atoms with Crippen LogP contribution in [0.4, 0.5) is 5.82 Å². The molecule has 3 rings (SSSR count). The molecule has 23 heavy (non-hydrogen) atoms. The topological polar surface area (TPSA) is 73.7 Å². The molecule has 0 radical (unpaired) electrons. The maximum Gasteiger partial charge on any atom is 0.337 e. The van der Waals surface area contributed by atoms with Crippen LogP contribution in [0.25, 0.3) is 10.9 Å². The Morgan fingerprint density at radius 3 is 2.91 bits per heavy atom. The van der Waals surface area contributed by atoms with Gasteiger partial charge in [0.15, 0.2) is 0 Å². The highest BCUT2D eigenvalue weighted by Crippen LogP contribution is 2.30. The van der Waals surface area contributed by atoms with Gasteiger partial charge in [-0.25, -0.2) is 9.78 Å². The van der Waals surface area contributed by atoms with E-state index in [1.54, 1.807) is 18.2 Å². The van der Waals surface area contributed by atoms with E-state index < -0.39 is 5.97 Å². The maximum atomic E-state index is 11.4. The van der Waals surface area contributed by atoms with Crippen molar-refractivity contribution in [3.63, 3.8) is 0 Å². The van der Waals surface area contributed by atoms with Crippen LogP contribution in [-0.2, 0) is 0 Å². The highest BCUT2D eigenvalue weighted by atomic mass is 35.5. The van der Waals surface area contributed by atoms with E-state index in [4.69, 9.17) is 11.6 Å². The van der Waals surface area contributed by atoms with Crippen molar-refractivity contribution in [3.8, 4) is 0 Å². The van der Waals surface area contributed by atoms with Crippen LogP contribution in [0.2, 0.25) is 5.02 Å². The van der Waals surface area contributed by atoms with E-state index in [2.05, 4.69) is 9.88 Å². The van der Waals surface area contributed by atoms with Gasteiger partial charge in [0.25, 0.3) is 0 Å². The first kappa shape index (κ1) is 16.0. The largest absolute Gasteiger partial charge is 0.478 e. The number of benzene rings is 1. The van der Waals surface area contributed by atoms with Gasteiger partial charge in [-0.1, -0.05) is 11.6 Å². The smallest absolute Gasteiger partial charge is 0.337 e. The highest BCUT2D eigenvalue weighted by molar-refractivity contribution is 6.35. The molecule has 0 amide bonds. The summed E-state index contributed by atoms with van der Waals surface area (Å²) in [5.74, 6) is 0.255. The highest BCUT2D eigenvalue weighted by Gasteiger charge is 2.25. The number of carbonyl (C=O) groups is 1. The molecule has 1 aliphatic heterocycles. The number of hydrogen-bond donors (Lipinski definition) is 2. The standard InChI is InChI=1S/C17H19ClN2O3/c1-10(21)8-11-6-7-20(9-11)15-5-2-12-14(19-15)4-3-13(18)16(12)17(22)23/h2-5,10-11,21H,6-9H2,1H3,(H,22,23)/t10?,11-/m1/s1. The number of anilines is 1. The Morgan fingerprint density at radius 2 is 2.22 bits per heavy atom. The van der Waals surface area contributed by atoms with E-state index in [0.717, 1.165) is 31.7 Å². The number of fused-ring (bicyclic) bond motifs is 1. The van der Waals surface area contributed by atoms with Gasteiger partial charge in [-0.2, -0.15) is 0 Å². The molecular weight excluding hydrogens is 316 g/mol. The monoisotopic (exact) mass is 334 g/mol. The van der Waals surface area contributed by atoms with E-state index in [1.807, 2.05) is 13.0 Å². The molecule has 1 aromatic carbocycles. The van der Waals surface area contributed by atoms with Crippen molar-refractivity contribution in [2.24, 2.45) is 5.92 Å². The third-order valence-electron chi connectivity index (χ3n) is 4.30. The molecule has 1 aliphatic rings. The molecule has 0 bridgehead atoms. The van der Waals surface area contributed by atoms with Crippen molar-refractivity contribution >= 4 is 34.3 Å². The van der Waals surface area contributed by atoms with Crippen molar-refractivity contribution in [1.29, 1.82) is 0 Å². The van der Waals surface area contributed by atoms with Crippen LogP contribution in [0.3, 0.4) is 0 Å². The summed E-state index contributed by atoms with van der Waals surface area (Å²) in [6.07, 6.45) is 1.54. The summed E-state index contributed by atoms with van der Waals surface area (Å²) >= 11 is 5.99. The lowest BCUT2D eigenvalue weighted by Crippen LogP contribution is -2.21. The second kappa shape index (κ2) is 6.34. The van der Waals surface area contributed by atoms with Gasteiger partial charge >= 0.3 is 5.97 Å². The molecule has 1 fully saturated rings. The Hall–Kier alpha value is -1.85. The summed E-state index contributed by atoms with van der Waals surface area (Å²) in [5, 5.41) is 19.6. The SMILES string of the molecule is CC(O)C[C@H]1CCN(c2ccc3c(C(=O)O)c(Cl)ccc3n2)C1. The lowest BCUT2D eigenvalue weighted by molar-refractivity contribution is 0.0699. The molecule has 2 aromatic rings. The number of aliphatic hydroxyl groups is 1. The number of pyridine rings is 1. The molecule has 122 valence electrons.